The molecular formula is C22H27N. The Morgan fingerprint density at radius 2 is 1.26 bits per heavy atom. The van der Waals surface area contributed by atoms with E-state index in [4.69, 9.17) is 5.26 Å². The van der Waals surface area contributed by atoms with Gasteiger partial charge in [0.1, 0.15) is 0 Å². The van der Waals surface area contributed by atoms with Crippen LogP contribution in [0.3, 0.4) is 0 Å². The van der Waals surface area contributed by atoms with Gasteiger partial charge in [-0.25, -0.2) is 0 Å². The monoisotopic (exact) mass is 305 g/mol. The summed E-state index contributed by atoms with van der Waals surface area (Å²) in [5.41, 5.74) is 4.16. The molecule has 0 amide bonds. The Morgan fingerprint density at radius 3 is 2.00 bits per heavy atom. The van der Waals surface area contributed by atoms with Crippen LogP contribution in [0, 0.1) is 11.3 Å². The third-order valence-corrected chi connectivity index (χ3v) is 4.34. The van der Waals surface area contributed by atoms with E-state index in [-0.39, 0.29) is 0 Å². The van der Waals surface area contributed by atoms with Crippen molar-refractivity contribution < 1.29 is 0 Å². The first-order valence-electron chi connectivity index (χ1n) is 8.92. The Hall–Kier alpha value is -2.07. The molecule has 0 aliphatic rings. The van der Waals surface area contributed by atoms with Gasteiger partial charge in [-0.15, -0.1) is 0 Å². The predicted octanol–water partition coefficient (Wildman–Crippen LogP) is 6.54. The van der Waals surface area contributed by atoms with Crippen molar-refractivity contribution in [3.05, 3.63) is 60.2 Å². The van der Waals surface area contributed by atoms with Crippen LogP contribution in [-0.2, 0) is 6.42 Å². The summed E-state index contributed by atoms with van der Waals surface area (Å²) in [6.07, 6.45) is 10.7. The second kappa shape index (κ2) is 10.6. The van der Waals surface area contributed by atoms with Crippen LogP contribution in [0.5, 0.6) is 0 Å². The maximum atomic E-state index is 8.50. The highest BCUT2D eigenvalue weighted by Gasteiger charge is 2.03. The van der Waals surface area contributed by atoms with Gasteiger partial charge in [0.2, 0.25) is 0 Å². The van der Waals surface area contributed by atoms with Crippen molar-refractivity contribution in [1.82, 2.24) is 0 Å². The van der Waals surface area contributed by atoms with Crippen LogP contribution < -0.4 is 0 Å². The van der Waals surface area contributed by atoms with Crippen molar-refractivity contribution in [1.29, 1.82) is 5.26 Å². The molecule has 0 unspecified atom stereocenters. The molecule has 0 saturated heterocycles. The molecule has 0 N–H and O–H groups in total. The van der Waals surface area contributed by atoms with Gasteiger partial charge in [-0.05, 0) is 36.0 Å². The minimum atomic E-state index is 0.719. The third kappa shape index (κ3) is 6.28. The Kier molecular flexibility index (Phi) is 7.98. The average molecular weight is 305 g/mol. The summed E-state index contributed by atoms with van der Waals surface area (Å²) in [6.45, 7) is 0. The highest BCUT2D eigenvalue weighted by atomic mass is 14.2. The van der Waals surface area contributed by atoms with Gasteiger partial charge >= 0.3 is 0 Å². The zero-order valence-electron chi connectivity index (χ0n) is 14.0. The van der Waals surface area contributed by atoms with Crippen LogP contribution in [0.15, 0.2) is 54.6 Å². The normalized spacial score (nSPS) is 10.4. The molecule has 120 valence electrons. The molecule has 0 radical (unpaired) electrons. The maximum Gasteiger partial charge on any atom is 0.0621 e. The number of rotatable bonds is 10. The molecule has 0 atom stereocenters. The summed E-state index contributed by atoms with van der Waals surface area (Å²) < 4.78 is 0. The van der Waals surface area contributed by atoms with Gasteiger partial charge < -0.3 is 0 Å². The Bertz CT molecular complexity index is 595. The fraction of sp³-hybridized carbons (Fsp3) is 0.409. The minimum absolute atomic E-state index is 0.719. The molecule has 0 spiro atoms. The van der Waals surface area contributed by atoms with E-state index >= 15 is 0 Å². The summed E-state index contributed by atoms with van der Waals surface area (Å²) in [7, 11) is 0. The van der Waals surface area contributed by atoms with Crippen LogP contribution >= 0.6 is 0 Å². The Morgan fingerprint density at radius 1 is 0.652 bits per heavy atom. The number of hydrogen-bond donors (Lipinski definition) is 0. The molecule has 0 fully saturated rings. The second-order valence-electron chi connectivity index (χ2n) is 6.16. The molecule has 1 nitrogen and oxygen atoms in total. The topological polar surface area (TPSA) is 23.8 Å². The fourth-order valence-corrected chi connectivity index (χ4v) is 3.04. The van der Waals surface area contributed by atoms with E-state index in [0.29, 0.717) is 0 Å². The maximum absolute atomic E-state index is 8.50. The summed E-state index contributed by atoms with van der Waals surface area (Å²) >= 11 is 0. The Balaban J connectivity index is 1.72. The number of nitriles is 1. The highest BCUT2D eigenvalue weighted by molar-refractivity contribution is 5.67. The van der Waals surface area contributed by atoms with Gasteiger partial charge in [0.25, 0.3) is 0 Å². The molecule has 2 aromatic carbocycles. The third-order valence-electron chi connectivity index (χ3n) is 4.34. The van der Waals surface area contributed by atoms with Crippen LogP contribution in [0.25, 0.3) is 11.1 Å². The molecule has 0 saturated carbocycles. The van der Waals surface area contributed by atoms with E-state index in [0.717, 1.165) is 12.8 Å². The standard InChI is InChI=1S/C22H27N/c23-19-13-6-4-2-1-3-5-8-14-21-17-11-12-18-22(21)20-15-9-7-10-16-20/h7,9-12,15-18H,1-6,8,13-14H2. The van der Waals surface area contributed by atoms with Crippen molar-refractivity contribution in [2.75, 3.05) is 0 Å². The van der Waals surface area contributed by atoms with Gasteiger partial charge in [0.15, 0.2) is 0 Å². The van der Waals surface area contributed by atoms with E-state index in [1.54, 1.807) is 0 Å². The van der Waals surface area contributed by atoms with E-state index < -0.39 is 0 Å². The van der Waals surface area contributed by atoms with Gasteiger partial charge in [-0.1, -0.05) is 86.7 Å². The van der Waals surface area contributed by atoms with Gasteiger partial charge in [-0.3, -0.25) is 0 Å². The summed E-state index contributed by atoms with van der Waals surface area (Å²) in [4.78, 5) is 0. The smallest absolute Gasteiger partial charge is 0.0621 e. The average Bonchev–Trinajstić information content (AvgIpc) is 2.61. The molecule has 2 aromatic rings. The minimum Gasteiger partial charge on any atom is -0.198 e. The largest absolute Gasteiger partial charge is 0.198 e. The predicted molar refractivity (Wildman–Crippen MR) is 98.1 cm³/mol. The lowest BCUT2D eigenvalue weighted by atomic mass is 9.95. The lowest BCUT2D eigenvalue weighted by Crippen LogP contribution is -1.91. The number of nitrogens with zero attached hydrogens (tertiary/aromatic N) is 1. The molecule has 0 bridgehead atoms. The van der Waals surface area contributed by atoms with Crippen LogP contribution in [-0.4, -0.2) is 0 Å². The van der Waals surface area contributed by atoms with E-state index in [1.807, 2.05) is 0 Å². The van der Waals surface area contributed by atoms with Crippen LogP contribution in [0.2, 0.25) is 0 Å². The quantitative estimate of drug-likeness (QED) is 0.457. The van der Waals surface area contributed by atoms with Crippen molar-refractivity contribution in [3.8, 4) is 17.2 Å². The molecule has 0 aliphatic carbocycles. The van der Waals surface area contributed by atoms with Gasteiger partial charge in [0.05, 0.1) is 6.07 Å². The zero-order chi connectivity index (χ0) is 16.2. The Labute approximate surface area is 141 Å². The number of benzene rings is 2. The van der Waals surface area contributed by atoms with Crippen molar-refractivity contribution in [2.45, 2.75) is 57.8 Å². The molecule has 2 rings (SSSR count). The van der Waals surface area contributed by atoms with Crippen molar-refractivity contribution >= 4 is 0 Å². The summed E-state index contributed by atoms with van der Waals surface area (Å²) in [6, 6.07) is 21.7. The molecular weight excluding hydrogens is 278 g/mol. The first-order chi connectivity index (χ1) is 11.4. The first kappa shape index (κ1) is 17.3. The first-order valence-corrected chi connectivity index (χ1v) is 8.92. The van der Waals surface area contributed by atoms with Gasteiger partial charge in [-0.2, -0.15) is 5.26 Å². The number of unbranched alkanes of at least 4 members (excludes halogenated alkanes) is 7. The van der Waals surface area contributed by atoms with E-state index in [9.17, 15) is 0 Å². The number of hydrogen-bond acceptors (Lipinski definition) is 1. The summed E-state index contributed by atoms with van der Waals surface area (Å²) in [5, 5.41) is 8.50. The summed E-state index contributed by atoms with van der Waals surface area (Å²) in [5.74, 6) is 0. The fourth-order valence-electron chi connectivity index (χ4n) is 3.04. The molecule has 1 heteroatoms. The second-order valence-corrected chi connectivity index (χ2v) is 6.16. The van der Waals surface area contributed by atoms with Crippen LogP contribution in [0.1, 0.15) is 56.9 Å². The SMILES string of the molecule is N#CCCCCCCCCCc1ccccc1-c1ccccc1. The van der Waals surface area contributed by atoms with Gasteiger partial charge in [0, 0.05) is 6.42 Å². The molecule has 0 aliphatic heterocycles. The molecule has 0 aromatic heterocycles. The van der Waals surface area contributed by atoms with E-state index in [1.165, 1.54) is 61.6 Å². The van der Waals surface area contributed by atoms with E-state index in [2.05, 4.69) is 60.7 Å². The lowest BCUT2D eigenvalue weighted by Gasteiger charge is -2.09. The zero-order valence-corrected chi connectivity index (χ0v) is 14.0. The molecule has 23 heavy (non-hydrogen) atoms. The molecule has 0 heterocycles. The highest BCUT2D eigenvalue weighted by Crippen LogP contribution is 2.25. The lowest BCUT2D eigenvalue weighted by molar-refractivity contribution is 0.582. The van der Waals surface area contributed by atoms with Crippen molar-refractivity contribution in [3.63, 3.8) is 0 Å². The van der Waals surface area contributed by atoms with Crippen molar-refractivity contribution in [2.24, 2.45) is 0 Å². The number of aryl methyl sites for hydroxylation is 1. The van der Waals surface area contributed by atoms with Crippen LogP contribution in [0.4, 0.5) is 0 Å².